The molecule has 0 aromatic heterocycles. The van der Waals surface area contributed by atoms with Crippen LogP contribution in [0.3, 0.4) is 0 Å². The first kappa shape index (κ1) is 15.2. The molecule has 0 unspecified atom stereocenters. The zero-order valence-electron chi connectivity index (χ0n) is 12.9. The number of hydrogen-bond donors (Lipinski definition) is 1. The summed E-state index contributed by atoms with van der Waals surface area (Å²) in [5.74, 6) is 2.57. The van der Waals surface area contributed by atoms with E-state index < -0.39 is 0 Å². The topological polar surface area (TPSA) is 30.5 Å². The SMILES string of the molecule is CCNCc1ccc(OC2CCC(C)CC2)c(OC)c1. The van der Waals surface area contributed by atoms with Crippen molar-refractivity contribution in [2.45, 2.75) is 52.2 Å². The van der Waals surface area contributed by atoms with Gasteiger partial charge in [-0.3, -0.25) is 0 Å². The van der Waals surface area contributed by atoms with E-state index in [0.717, 1.165) is 43.3 Å². The molecule has 0 heterocycles. The summed E-state index contributed by atoms with van der Waals surface area (Å²) in [6.07, 6.45) is 5.20. The van der Waals surface area contributed by atoms with Crippen molar-refractivity contribution >= 4 is 0 Å². The second kappa shape index (κ2) is 7.53. The van der Waals surface area contributed by atoms with Gasteiger partial charge < -0.3 is 14.8 Å². The van der Waals surface area contributed by atoms with Crippen LogP contribution in [-0.4, -0.2) is 19.8 Å². The van der Waals surface area contributed by atoms with E-state index in [1.165, 1.54) is 18.4 Å². The smallest absolute Gasteiger partial charge is 0.161 e. The lowest BCUT2D eigenvalue weighted by Gasteiger charge is -2.27. The molecule has 1 aromatic rings. The van der Waals surface area contributed by atoms with E-state index in [1.807, 2.05) is 6.07 Å². The average molecular weight is 277 g/mol. The normalized spacial score (nSPS) is 22.6. The Labute approximate surface area is 122 Å². The highest BCUT2D eigenvalue weighted by molar-refractivity contribution is 5.43. The van der Waals surface area contributed by atoms with E-state index in [4.69, 9.17) is 9.47 Å². The van der Waals surface area contributed by atoms with Crippen LogP contribution in [0.4, 0.5) is 0 Å². The zero-order chi connectivity index (χ0) is 14.4. The van der Waals surface area contributed by atoms with Crippen LogP contribution in [0.2, 0.25) is 0 Å². The van der Waals surface area contributed by atoms with Crippen LogP contribution >= 0.6 is 0 Å². The maximum atomic E-state index is 6.14. The molecule has 0 spiro atoms. The van der Waals surface area contributed by atoms with Gasteiger partial charge >= 0.3 is 0 Å². The van der Waals surface area contributed by atoms with E-state index in [9.17, 15) is 0 Å². The van der Waals surface area contributed by atoms with Gasteiger partial charge in [-0.05, 0) is 55.8 Å². The van der Waals surface area contributed by atoms with Gasteiger partial charge in [-0.25, -0.2) is 0 Å². The molecule has 3 nitrogen and oxygen atoms in total. The van der Waals surface area contributed by atoms with Gasteiger partial charge in [-0.15, -0.1) is 0 Å². The summed E-state index contributed by atoms with van der Waals surface area (Å²) in [5, 5.41) is 3.33. The second-order valence-electron chi connectivity index (χ2n) is 5.77. The Morgan fingerprint density at radius 1 is 1.15 bits per heavy atom. The zero-order valence-corrected chi connectivity index (χ0v) is 12.9. The second-order valence-corrected chi connectivity index (χ2v) is 5.77. The highest BCUT2D eigenvalue weighted by atomic mass is 16.5. The van der Waals surface area contributed by atoms with Gasteiger partial charge in [0.25, 0.3) is 0 Å². The summed E-state index contributed by atoms with van der Waals surface area (Å²) in [6, 6.07) is 6.24. The van der Waals surface area contributed by atoms with Crippen LogP contribution in [0.15, 0.2) is 18.2 Å². The third kappa shape index (κ3) is 4.14. The van der Waals surface area contributed by atoms with Crippen molar-refractivity contribution in [1.29, 1.82) is 0 Å². The molecule has 20 heavy (non-hydrogen) atoms. The molecule has 0 bridgehead atoms. The molecule has 112 valence electrons. The highest BCUT2D eigenvalue weighted by Gasteiger charge is 2.20. The quantitative estimate of drug-likeness (QED) is 0.858. The van der Waals surface area contributed by atoms with Gasteiger partial charge in [-0.2, -0.15) is 0 Å². The summed E-state index contributed by atoms with van der Waals surface area (Å²) in [6.45, 7) is 6.28. The molecule has 3 heteroatoms. The van der Waals surface area contributed by atoms with Gasteiger partial charge in [0, 0.05) is 6.54 Å². The van der Waals surface area contributed by atoms with Crippen molar-refractivity contribution in [2.24, 2.45) is 5.92 Å². The minimum absolute atomic E-state index is 0.347. The fraction of sp³-hybridized carbons (Fsp3) is 0.647. The Kier molecular flexibility index (Phi) is 5.72. The summed E-state index contributed by atoms with van der Waals surface area (Å²) in [7, 11) is 1.71. The lowest BCUT2D eigenvalue weighted by atomic mass is 9.89. The largest absolute Gasteiger partial charge is 0.493 e. The minimum Gasteiger partial charge on any atom is -0.493 e. The lowest BCUT2D eigenvalue weighted by molar-refractivity contribution is 0.131. The monoisotopic (exact) mass is 277 g/mol. The first-order chi connectivity index (χ1) is 9.72. The predicted molar refractivity (Wildman–Crippen MR) is 82.4 cm³/mol. The van der Waals surface area contributed by atoms with E-state index in [-0.39, 0.29) is 0 Å². The fourth-order valence-corrected chi connectivity index (χ4v) is 2.72. The van der Waals surface area contributed by atoms with E-state index in [2.05, 4.69) is 31.3 Å². The van der Waals surface area contributed by atoms with Crippen molar-refractivity contribution < 1.29 is 9.47 Å². The molecule has 2 rings (SSSR count). The number of benzene rings is 1. The molecule has 1 N–H and O–H groups in total. The van der Waals surface area contributed by atoms with Crippen LogP contribution in [0.1, 0.15) is 45.1 Å². The van der Waals surface area contributed by atoms with Gasteiger partial charge in [0.1, 0.15) is 0 Å². The lowest BCUT2D eigenvalue weighted by Crippen LogP contribution is -2.23. The third-order valence-electron chi connectivity index (χ3n) is 4.06. The number of nitrogens with one attached hydrogen (secondary N) is 1. The van der Waals surface area contributed by atoms with Crippen molar-refractivity contribution in [1.82, 2.24) is 5.32 Å². The number of ether oxygens (including phenoxy) is 2. The highest BCUT2D eigenvalue weighted by Crippen LogP contribution is 2.33. The summed E-state index contributed by atoms with van der Waals surface area (Å²) in [5.41, 5.74) is 1.23. The van der Waals surface area contributed by atoms with E-state index >= 15 is 0 Å². The maximum absolute atomic E-state index is 6.14. The molecule has 1 aromatic carbocycles. The van der Waals surface area contributed by atoms with Gasteiger partial charge in [0.05, 0.1) is 13.2 Å². The Balaban J connectivity index is 1.99. The van der Waals surface area contributed by atoms with Crippen molar-refractivity contribution in [3.63, 3.8) is 0 Å². The maximum Gasteiger partial charge on any atom is 0.161 e. The molecular formula is C17H27NO2. The molecule has 0 aliphatic heterocycles. The molecule has 0 amide bonds. The summed E-state index contributed by atoms with van der Waals surface area (Å²) in [4.78, 5) is 0. The summed E-state index contributed by atoms with van der Waals surface area (Å²) < 4.78 is 11.6. The Hall–Kier alpha value is -1.22. The first-order valence-corrected chi connectivity index (χ1v) is 7.77. The third-order valence-corrected chi connectivity index (χ3v) is 4.06. The molecule has 0 saturated heterocycles. The number of rotatable bonds is 6. The standard InChI is InChI=1S/C17H27NO2/c1-4-18-12-14-7-10-16(17(11-14)19-3)20-15-8-5-13(2)6-9-15/h7,10-11,13,15,18H,4-6,8-9,12H2,1-3H3. The van der Waals surface area contributed by atoms with Crippen molar-refractivity contribution in [3.05, 3.63) is 23.8 Å². The first-order valence-electron chi connectivity index (χ1n) is 7.77. The van der Waals surface area contributed by atoms with Crippen LogP contribution in [0.5, 0.6) is 11.5 Å². The molecule has 1 fully saturated rings. The Morgan fingerprint density at radius 3 is 2.55 bits per heavy atom. The van der Waals surface area contributed by atoms with Crippen LogP contribution in [0, 0.1) is 5.92 Å². The van der Waals surface area contributed by atoms with E-state index in [1.54, 1.807) is 7.11 Å². The van der Waals surface area contributed by atoms with Crippen LogP contribution < -0.4 is 14.8 Å². The van der Waals surface area contributed by atoms with Gasteiger partial charge in [-0.1, -0.05) is 19.9 Å². The minimum atomic E-state index is 0.347. The molecule has 0 atom stereocenters. The molecule has 1 saturated carbocycles. The molecule has 1 aliphatic carbocycles. The Bertz CT molecular complexity index is 411. The molecule has 1 aliphatic rings. The van der Waals surface area contributed by atoms with Crippen molar-refractivity contribution in [3.8, 4) is 11.5 Å². The molecular weight excluding hydrogens is 250 g/mol. The fourth-order valence-electron chi connectivity index (χ4n) is 2.72. The van der Waals surface area contributed by atoms with Crippen LogP contribution in [-0.2, 0) is 6.54 Å². The van der Waals surface area contributed by atoms with Crippen molar-refractivity contribution in [2.75, 3.05) is 13.7 Å². The average Bonchev–Trinajstić information content (AvgIpc) is 2.48. The predicted octanol–water partition coefficient (Wildman–Crippen LogP) is 3.76. The van der Waals surface area contributed by atoms with Gasteiger partial charge in [0.15, 0.2) is 11.5 Å². The molecule has 0 radical (unpaired) electrons. The summed E-state index contributed by atoms with van der Waals surface area (Å²) >= 11 is 0. The Morgan fingerprint density at radius 2 is 1.90 bits per heavy atom. The van der Waals surface area contributed by atoms with Gasteiger partial charge in [0.2, 0.25) is 0 Å². The number of hydrogen-bond acceptors (Lipinski definition) is 3. The van der Waals surface area contributed by atoms with Crippen LogP contribution in [0.25, 0.3) is 0 Å². The number of methoxy groups -OCH3 is 1. The van der Waals surface area contributed by atoms with E-state index in [0.29, 0.717) is 6.10 Å².